The number of hydrogen-bond donors (Lipinski definition) is 1. The Morgan fingerprint density at radius 2 is 1.71 bits per heavy atom. The number of fused-ring (bicyclic) bond motifs is 1. The smallest absolute Gasteiger partial charge is 0.210 e. The first-order chi connectivity index (χ1) is 13.5. The zero-order chi connectivity index (χ0) is 19.7. The van der Waals surface area contributed by atoms with Gasteiger partial charge >= 0.3 is 0 Å². The van der Waals surface area contributed by atoms with Gasteiger partial charge in [0.1, 0.15) is 4.90 Å². The van der Waals surface area contributed by atoms with E-state index < -0.39 is 9.84 Å². The molecule has 0 spiro atoms. The number of benzene rings is 2. The van der Waals surface area contributed by atoms with E-state index in [2.05, 4.69) is 9.88 Å². The van der Waals surface area contributed by atoms with Gasteiger partial charge in [-0.15, -0.1) is 0 Å². The van der Waals surface area contributed by atoms with Gasteiger partial charge in [0.25, 0.3) is 0 Å². The predicted octanol–water partition coefficient (Wildman–Crippen LogP) is 3.72. The highest BCUT2D eigenvalue weighted by atomic mass is 32.2. The highest BCUT2D eigenvalue weighted by Crippen LogP contribution is 2.37. The predicted molar refractivity (Wildman–Crippen MR) is 110 cm³/mol. The van der Waals surface area contributed by atoms with E-state index in [1.165, 1.54) is 6.20 Å². The van der Waals surface area contributed by atoms with Gasteiger partial charge in [-0.1, -0.05) is 25.1 Å². The summed E-state index contributed by atoms with van der Waals surface area (Å²) in [5.41, 5.74) is 3.29. The molecule has 28 heavy (non-hydrogen) atoms. The van der Waals surface area contributed by atoms with Crippen LogP contribution in [0, 0.1) is 0 Å². The Morgan fingerprint density at radius 3 is 2.36 bits per heavy atom. The summed E-state index contributed by atoms with van der Waals surface area (Å²) in [4.78, 5) is 7.08. The van der Waals surface area contributed by atoms with E-state index in [1.807, 2.05) is 37.3 Å². The molecule has 1 aliphatic heterocycles. The molecule has 1 aliphatic rings. The number of rotatable bonds is 5. The first kappa shape index (κ1) is 18.9. The van der Waals surface area contributed by atoms with Crippen molar-refractivity contribution in [3.8, 4) is 0 Å². The Morgan fingerprint density at radius 1 is 1.04 bits per heavy atom. The van der Waals surface area contributed by atoms with Crippen molar-refractivity contribution in [1.29, 1.82) is 0 Å². The maximum atomic E-state index is 13.5. The van der Waals surface area contributed by atoms with Crippen molar-refractivity contribution in [2.24, 2.45) is 0 Å². The second-order valence-corrected chi connectivity index (χ2v) is 9.09. The molecule has 5 nitrogen and oxygen atoms in total. The van der Waals surface area contributed by atoms with Crippen LogP contribution in [0.15, 0.2) is 58.5 Å². The van der Waals surface area contributed by atoms with Crippen LogP contribution >= 0.6 is 0 Å². The van der Waals surface area contributed by atoms with Crippen molar-refractivity contribution in [1.82, 2.24) is 4.98 Å². The molecular weight excluding hydrogens is 372 g/mol. The lowest BCUT2D eigenvalue weighted by Gasteiger charge is -2.23. The summed E-state index contributed by atoms with van der Waals surface area (Å²) in [6.07, 6.45) is 4.42. The molecule has 0 atom stereocenters. The summed E-state index contributed by atoms with van der Waals surface area (Å²) in [6.45, 7) is 3.59. The van der Waals surface area contributed by atoms with Gasteiger partial charge in [-0.3, -0.25) is 4.98 Å². The van der Waals surface area contributed by atoms with Crippen molar-refractivity contribution in [3.05, 3.63) is 59.8 Å². The van der Waals surface area contributed by atoms with E-state index >= 15 is 0 Å². The summed E-state index contributed by atoms with van der Waals surface area (Å²) >= 11 is 0. The van der Waals surface area contributed by atoms with Crippen LogP contribution in [0.2, 0.25) is 0 Å². The van der Waals surface area contributed by atoms with Gasteiger partial charge in [-0.05, 0) is 54.7 Å². The third kappa shape index (κ3) is 3.27. The number of aryl methyl sites for hydroxylation is 1. The standard InChI is InChI=1S/C22H24N2O3S/c1-2-16-5-8-18(9-6-16)28(26,27)21-14-23-20-10-7-17(15-25)13-19(20)22(21)24-11-3-4-12-24/h5-10,13-14,25H,2-4,11-12,15H2,1H3. The Kier molecular flexibility index (Phi) is 5.08. The molecular formula is C22H24N2O3S. The number of sulfone groups is 1. The fourth-order valence-corrected chi connectivity index (χ4v) is 5.23. The third-order valence-electron chi connectivity index (χ3n) is 5.41. The van der Waals surface area contributed by atoms with Crippen LogP contribution in [-0.2, 0) is 22.9 Å². The Labute approximate surface area is 165 Å². The number of aliphatic hydroxyl groups excluding tert-OH is 1. The zero-order valence-corrected chi connectivity index (χ0v) is 16.7. The molecule has 0 amide bonds. The van der Waals surface area contributed by atoms with Crippen molar-refractivity contribution in [2.75, 3.05) is 18.0 Å². The van der Waals surface area contributed by atoms with E-state index in [1.54, 1.807) is 12.1 Å². The van der Waals surface area contributed by atoms with Crippen LogP contribution in [0.25, 0.3) is 10.9 Å². The van der Waals surface area contributed by atoms with Gasteiger partial charge in [0.05, 0.1) is 22.7 Å². The van der Waals surface area contributed by atoms with Crippen LogP contribution in [0.5, 0.6) is 0 Å². The second-order valence-electron chi connectivity index (χ2n) is 7.18. The molecule has 0 radical (unpaired) electrons. The fourth-order valence-electron chi connectivity index (χ4n) is 3.80. The summed E-state index contributed by atoms with van der Waals surface area (Å²) in [5, 5.41) is 10.3. The summed E-state index contributed by atoms with van der Waals surface area (Å²) in [5.74, 6) is 0. The molecule has 1 fully saturated rings. The number of pyridine rings is 1. The molecule has 1 saturated heterocycles. The minimum absolute atomic E-state index is 0.0924. The first-order valence-corrected chi connectivity index (χ1v) is 11.1. The Balaban J connectivity index is 1.95. The molecule has 3 aromatic rings. The number of aliphatic hydroxyl groups is 1. The number of anilines is 1. The monoisotopic (exact) mass is 396 g/mol. The molecule has 0 saturated carbocycles. The molecule has 0 aliphatic carbocycles. The van der Waals surface area contributed by atoms with Crippen LogP contribution in [0.4, 0.5) is 5.69 Å². The summed E-state index contributed by atoms with van der Waals surface area (Å²) in [6, 6.07) is 12.6. The first-order valence-electron chi connectivity index (χ1n) is 9.66. The van der Waals surface area contributed by atoms with Crippen LogP contribution < -0.4 is 4.90 Å². The Hall–Kier alpha value is -2.44. The van der Waals surface area contributed by atoms with Gasteiger partial charge < -0.3 is 10.0 Å². The van der Waals surface area contributed by atoms with E-state index in [4.69, 9.17) is 0 Å². The van der Waals surface area contributed by atoms with Gasteiger partial charge in [0.15, 0.2) is 0 Å². The molecule has 1 aromatic heterocycles. The van der Waals surface area contributed by atoms with E-state index in [-0.39, 0.29) is 16.4 Å². The molecule has 2 heterocycles. The van der Waals surface area contributed by atoms with Gasteiger partial charge in [-0.2, -0.15) is 0 Å². The van der Waals surface area contributed by atoms with Gasteiger partial charge in [0, 0.05) is 24.7 Å². The maximum absolute atomic E-state index is 13.5. The number of hydrogen-bond acceptors (Lipinski definition) is 5. The molecule has 0 bridgehead atoms. The zero-order valence-electron chi connectivity index (χ0n) is 15.9. The minimum Gasteiger partial charge on any atom is -0.392 e. The molecule has 4 rings (SSSR count). The highest BCUT2D eigenvalue weighted by molar-refractivity contribution is 7.91. The van der Waals surface area contributed by atoms with Crippen LogP contribution in [0.1, 0.15) is 30.9 Å². The second kappa shape index (κ2) is 7.53. The molecule has 1 N–H and O–H groups in total. The largest absolute Gasteiger partial charge is 0.392 e. The van der Waals surface area contributed by atoms with Gasteiger partial charge in [-0.25, -0.2) is 8.42 Å². The van der Waals surface area contributed by atoms with Crippen LogP contribution in [-0.4, -0.2) is 31.6 Å². The topological polar surface area (TPSA) is 70.5 Å². The fraction of sp³-hybridized carbons (Fsp3) is 0.318. The average Bonchev–Trinajstić information content (AvgIpc) is 3.26. The van der Waals surface area contributed by atoms with E-state index in [9.17, 15) is 13.5 Å². The molecule has 0 unspecified atom stereocenters. The molecule has 146 valence electrons. The lowest BCUT2D eigenvalue weighted by molar-refractivity contribution is 0.282. The van der Waals surface area contributed by atoms with Crippen molar-refractivity contribution in [2.45, 2.75) is 42.6 Å². The van der Waals surface area contributed by atoms with Crippen molar-refractivity contribution >= 4 is 26.4 Å². The number of nitrogens with zero attached hydrogens (tertiary/aromatic N) is 2. The molecule has 6 heteroatoms. The maximum Gasteiger partial charge on any atom is 0.210 e. The summed E-state index contributed by atoms with van der Waals surface area (Å²) in [7, 11) is -3.71. The van der Waals surface area contributed by atoms with Crippen molar-refractivity contribution in [3.63, 3.8) is 0 Å². The van der Waals surface area contributed by atoms with Crippen molar-refractivity contribution < 1.29 is 13.5 Å². The lowest BCUT2D eigenvalue weighted by atomic mass is 10.1. The van der Waals surface area contributed by atoms with E-state index in [0.717, 1.165) is 54.4 Å². The average molecular weight is 397 g/mol. The van der Waals surface area contributed by atoms with Crippen LogP contribution in [0.3, 0.4) is 0 Å². The normalized spacial score (nSPS) is 14.7. The van der Waals surface area contributed by atoms with Gasteiger partial charge in [0.2, 0.25) is 9.84 Å². The SMILES string of the molecule is CCc1ccc(S(=O)(=O)c2cnc3ccc(CO)cc3c2N2CCCC2)cc1. The highest BCUT2D eigenvalue weighted by Gasteiger charge is 2.28. The lowest BCUT2D eigenvalue weighted by Crippen LogP contribution is -2.21. The summed E-state index contributed by atoms with van der Waals surface area (Å²) < 4.78 is 27.0. The Bertz CT molecular complexity index is 1100. The molecule has 2 aromatic carbocycles. The minimum atomic E-state index is -3.71. The quantitative estimate of drug-likeness (QED) is 0.712. The third-order valence-corrected chi connectivity index (χ3v) is 7.18. The van der Waals surface area contributed by atoms with E-state index in [0.29, 0.717) is 5.69 Å². The number of aromatic nitrogens is 1.